The Labute approximate surface area is 393 Å². The number of rotatable bonds is 51. The van der Waals surface area contributed by atoms with Gasteiger partial charge >= 0.3 is 17.9 Å². The van der Waals surface area contributed by atoms with E-state index in [9.17, 15) is 14.4 Å². The molecule has 374 valence electrons. The number of hydrogen-bond acceptors (Lipinski definition) is 6. The third kappa shape index (κ3) is 51.3. The number of unbranched alkanes of at least 4 members (excludes halogenated alkanes) is 36. The zero-order valence-corrected chi connectivity index (χ0v) is 43.2. The first-order chi connectivity index (χ1) is 30.7. The summed E-state index contributed by atoms with van der Waals surface area (Å²) in [6.45, 7) is 11.4. The van der Waals surface area contributed by atoms with Crippen LogP contribution in [0.1, 0.15) is 317 Å². The summed E-state index contributed by atoms with van der Waals surface area (Å²) in [6.07, 6.45) is 52.5. The molecular weight excluding hydrogens is 781 g/mol. The van der Waals surface area contributed by atoms with Crippen LogP contribution in [0.5, 0.6) is 0 Å². The maximum Gasteiger partial charge on any atom is 0.306 e. The van der Waals surface area contributed by atoms with Crippen LogP contribution in [0.4, 0.5) is 0 Å². The van der Waals surface area contributed by atoms with Gasteiger partial charge in [-0.05, 0) is 31.1 Å². The van der Waals surface area contributed by atoms with E-state index in [1.54, 1.807) is 0 Å². The first kappa shape index (κ1) is 61.4. The zero-order chi connectivity index (χ0) is 46.1. The summed E-state index contributed by atoms with van der Waals surface area (Å²) >= 11 is 0. The average Bonchev–Trinajstić information content (AvgIpc) is 3.25. The Morgan fingerprint density at radius 2 is 0.524 bits per heavy atom. The highest BCUT2D eigenvalue weighted by Gasteiger charge is 2.19. The molecule has 0 aliphatic rings. The average molecular weight is 892 g/mol. The van der Waals surface area contributed by atoms with Crippen molar-refractivity contribution >= 4 is 17.9 Å². The van der Waals surface area contributed by atoms with E-state index in [2.05, 4.69) is 34.6 Å². The summed E-state index contributed by atoms with van der Waals surface area (Å²) in [5.41, 5.74) is 0. The molecule has 6 heteroatoms. The van der Waals surface area contributed by atoms with Crippen molar-refractivity contribution in [1.82, 2.24) is 0 Å². The molecule has 0 rings (SSSR count). The van der Waals surface area contributed by atoms with Crippen LogP contribution >= 0.6 is 0 Å². The summed E-state index contributed by atoms with van der Waals surface area (Å²) in [5.74, 6) is 0.780. The third-order valence-corrected chi connectivity index (χ3v) is 13.0. The van der Waals surface area contributed by atoms with E-state index in [4.69, 9.17) is 14.2 Å². The number of ether oxygens (including phenoxy) is 3. The fourth-order valence-electron chi connectivity index (χ4n) is 8.70. The van der Waals surface area contributed by atoms with Gasteiger partial charge in [-0.15, -0.1) is 0 Å². The molecule has 0 aromatic heterocycles. The summed E-state index contributed by atoms with van der Waals surface area (Å²) in [5, 5.41) is 0. The lowest BCUT2D eigenvalue weighted by Gasteiger charge is -2.18. The van der Waals surface area contributed by atoms with Crippen molar-refractivity contribution in [3.05, 3.63) is 0 Å². The molecule has 0 amide bonds. The second-order valence-corrected chi connectivity index (χ2v) is 20.5. The van der Waals surface area contributed by atoms with Gasteiger partial charge in [0.1, 0.15) is 13.2 Å². The fourth-order valence-corrected chi connectivity index (χ4v) is 8.70. The quantitative estimate of drug-likeness (QED) is 0.0344. The Morgan fingerprint density at radius 3 is 0.778 bits per heavy atom. The van der Waals surface area contributed by atoms with E-state index in [1.165, 1.54) is 205 Å². The van der Waals surface area contributed by atoms with Gasteiger partial charge in [-0.1, -0.05) is 279 Å². The molecule has 6 nitrogen and oxygen atoms in total. The van der Waals surface area contributed by atoms with Gasteiger partial charge in [-0.3, -0.25) is 14.4 Å². The molecule has 0 fully saturated rings. The fraction of sp³-hybridized carbons (Fsp3) is 0.947. The highest BCUT2D eigenvalue weighted by molar-refractivity contribution is 5.71. The molecule has 0 N–H and O–H groups in total. The molecule has 1 atom stereocenters. The molecule has 0 spiro atoms. The van der Waals surface area contributed by atoms with Crippen molar-refractivity contribution in [2.75, 3.05) is 13.2 Å². The van der Waals surface area contributed by atoms with Crippen LogP contribution in [0.25, 0.3) is 0 Å². The van der Waals surface area contributed by atoms with Gasteiger partial charge in [-0.25, -0.2) is 0 Å². The molecular formula is C57H110O6. The Balaban J connectivity index is 4.25. The maximum absolute atomic E-state index is 12.8. The minimum absolute atomic E-state index is 0.0635. The SMILES string of the molecule is CCCCCCCCCCCCCCCCCCCCC(=O)OC[C@@H](COC(=O)CCCCCCCCCC(C)C)OC(=O)CCCCCCCCCCCCCCCCC(C)C. The standard InChI is InChI=1S/C57H110O6/c1-6-7-8-9-10-11-12-13-14-15-16-17-21-24-27-32-37-42-47-55(58)61-50-54(51-62-56(59)48-43-38-34-29-31-36-41-46-53(4)5)63-57(60)49-44-39-33-28-25-22-19-18-20-23-26-30-35-40-45-52(2)3/h52-54H,6-51H2,1-5H3/t54-/m0/s1. The Bertz CT molecular complexity index is 962. The monoisotopic (exact) mass is 891 g/mol. The highest BCUT2D eigenvalue weighted by atomic mass is 16.6. The molecule has 0 saturated carbocycles. The molecule has 0 heterocycles. The lowest BCUT2D eigenvalue weighted by molar-refractivity contribution is -0.167. The zero-order valence-electron chi connectivity index (χ0n) is 43.2. The lowest BCUT2D eigenvalue weighted by atomic mass is 10.0. The number of hydrogen-bond donors (Lipinski definition) is 0. The van der Waals surface area contributed by atoms with Crippen LogP contribution in [-0.2, 0) is 28.6 Å². The van der Waals surface area contributed by atoms with Gasteiger partial charge in [0.25, 0.3) is 0 Å². The predicted molar refractivity (Wildman–Crippen MR) is 270 cm³/mol. The van der Waals surface area contributed by atoms with Gasteiger partial charge in [0.05, 0.1) is 0 Å². The van der Waals surface area contributed by atoms with Gasteiger partial charge < -0.3 is 14.2 Å². The summed E-state index contributed by atoms with van der Waals surface area (Å²) < 4.78 is 16.9. The number of carbonyl (C=O) groups excluding carboxylic acids is 3. The minimum Gasteiger partial charge on any atom is -0.462 e. The predicted octanol–water partition coefficient (Wildman–Crippen LogP) is 18.5. The molecule has 0 radical (unpaired) electrons. The van der Waals surface area contributed by atoms with Crippen molar-refractivity contribution in [3.8, 4) is 0 Å². The second-order valence-electron chi connectivity index (χ2n) is 20.5. The van der Waals surface area contributed by atoms with Crippen LogP contribution in [-0.4, -0.2) is 37.2 Å². The van der Waals surface area contributed by atoms with E-state index >= 15 is 0 Å². The van der Waals surface area contributed by atoms with Crippen LogP contribution in [0.3, 0.4) is 0 Å². The smallest absolute Gasteiger partial charge is 0.306 e. The molecule has 0 bridgehead atoms. The number of carbonyl (C=O) groups is 3. The molecule has 0 aromatic rings. The van der Waals surface area contributed by atoms with Crippen molar-refractivity contribution in [2.24, 2.45) is 11.8 Å². The summed E-state index contributed by atoms with van der Waals surface area (Å²) in [4.78, 5) is 38.0. The van der Waals surface area contributed by atoms with Crippen LogP contribution < -0.4 is 0 Å². The van der Waals surface area contributed by atoms with Crippen molar-refractivity contribution < 1.29 is 28.6 Å². The van der Waals surface area contributed by atoms with Gasteiger partial charge in [0.15, 0.2) is 6.10 Å². The largest absolute Gasteiger partial charge is 0.462 e. The Hall–Kier alpha value is -1.59. The third-order valence-electron chi connectivity index (χ3n) is 13.0. The van der Waals surface area contributed by atoms with Crippen LogP contribution in [0.15, 0.2) is 0 Å². The van der Waals surface area contributed by atoms with Crippen molar-refractivity contribution in [2.45, 2.75) is 323 Å². The normalized spacial score (nSPS) is 12.0. The summed E-state index contributed by atoms with van der Waals surface area (Å²) in [7, 11) is 0. The second kappa shape index (κ2) is 49.8. The topological polar surface area (TPSA) is 78.9 Å². The van der Waals surface area contributed by atoms with Gasteiger partial charge in [0.2, 0.25) is 0 Å². The Morgan fingerprint density at radius 1 is 0.302 bits per heavy atom. The number of esters is 3. The van der Waals surface area contributed by atoms with Crippen LogP contribution in [0, 0.1) is 11.8 Å². The first-order valence-electron chi connectivity index (χ1n) is 28.2. The van der Waals surface area contributed by atoms with Gasteiger partial charge in [0, 0.05) is 19.3 Å². The minimum atomic E-state index is -0.763. The molecule has 0 aliphatic carbocycles. The van der Waals surface area contributed by atoms with E-state index in [0.29, 0.717) is 19.3 Å². The van der Waals surface area contributed by atoms with Crippen molar-refractivity contribution in [3.63, 3.8) is 0 Å². The van der Waals surface area contributed by atoms with E-state index < -0.39 is 6.10 Å². The van der Waals surface area contributed by atoms with E-state index in [-0.39, 0.29) is 31.1 Å². The maximum atomic E-state index is 12.8. The molecule has 0 aromatic carbocycles. The summed E-state index contributed by atoms with van der Waals surface area (Å²) in [6, 6.07) is 0. The van der Waals surface area contributed by atoms with Crippen LogP contribution in [0.2, 0.25) is 0 Å². The Kier molecular flexibility index (Phi) is 48.6. The van der Waals surface area contributed by atoms with E-state index in [0.717, 1.165) is 69.6 Å². The van der Waals surface area contributed by atoms with Crippen molar-refractivity contribution in [1.29, 1.82) is 0 Å². The van der Waals surface area contributed by atoms with Gasteiger partial charge in [-0.2, -0.15) is 0 Å². The molecule has 63 heavy (non-hydrogen) atoms. The van der Waals surface area contributed by atoms with E-state index in [1.807, 2.05) is 0 Å². The highest BCUT2D eigenvalue weighted by Crippen LogP contribution is 2.18. The molecule has 0 unspecified atom stereocenters. The first-order valence-corrected chi connectivity index (χ1v) is 28.2. The lowest BCUT2D eigenvalue weighted by Crippen LogP contribution is -2.30. The molecule has 0 saturated heterocycles. The molecule has 0 aliphatic heterocycles.